The Bertz CT molecular complexity index is 392. The summed E-state index contributed by atoms with van der Waals surface area (Å²) in [6, 6.07) is 4.56. The molecule has 5 nitrogen and oxygen atoms in total. The van der Waals surface area contributed by atoms with Gasteiger partial charge in [-0.05, 0) is 18.6 Å². The lowest BCUT2D eigenvalue weighted by Gasteiger charge is -2.17. The van der Waals surface area contributed by atoms with Gasteiger partial charge < -0.3 is 19.9 Å². The highest BCUT2D eigenvalue weighted by atomic mass is 16.5. The van der Waals surface area contributed by atoms with E-state index >= 15 is 0 Å². The third-order valence-electron chi connectivity index (χ3n) is 2.44. The van der Waals surface area contributed by atoms with E-state index in [2.05, 4.69) is 5.32 Å². The fourth-order valence-electron chi connectivity index (χ4n) is 1.45. The first-order valence-corrected chi connectivity index (χ1v) is 5.33. The molecule has 17 heavy (non-hydrogen) atoms. The Morgan fingerprint density at radius 1 is 1.41 bits per heavy atom. The maximum Gasteiger partial charge on any atom is 0.326 e. The quantitative estimate of drug-likeness (QED) is 0.794. The summed E-state index contributed by atoms with van der Waals surface area (Å²) in [4.78, 5) is 11.0. The van der Waals surface area contributed by atoms with Crippen LogP contribution in [0.5, 0.6) is 11.5 Å². The Morgan fingerprint density at radius 2 is 2.12 bits per heavy atom. The Balaban J connectivity index is 2.97. The second kappa shape index (κ2) is 5.98. The van der Waals surface area contributed by atoms with E-state index in [1.165, 1.54) is 7.11 Å². The second-order valence-electron chi connectivity index (χ2n) is 3.51. The predicted octanol–water partition coefficient (Wildman–Crippen LogP) is 1.98. The standard InChI is InChI=1S/C12H17NO4/c1-4-9(12(14)15)13-10-7-8(16-2)5-6-11(10)17-3/h5-7,9,13H,4H2,1-3H3,(H,14,15). The average Bonchev–Trinajstić information content (AvgIpc) is 2.35. The minimum Gasteiger partial charge on any atom is -0.497 e. The molecule has 5 heteroatoms. The number of rotatable bonds is 6. The van der Waals surface area contributed by atoms with Gasteiger partial charge in [-0.25, -0.2) is 4.79 Å². The topological polar surface area (TPSA) is 67.8 Å². The van der Waals surface area contributed by atoms with Crippen LogP contribution in [-0.4, -0.2) is 31.3 Å². The number of hydrogen-bond donors (Lipinski definition) is 2. The van der Waals surface area contributed by atoms with Crippen LogP contribution in [0.2, 0.25) is 0 Å². The van der Waals surface area contributed by atoms with E-state index in [-0.39, 0.29) is 0 Å². The van der Waals surface area contributed by atoms with Gasteiger partial charge in [0.25, 0.3) is 0 Å². The van der Waals surface area contributed by atoms with Crippen LogP contribution in [0.1, 0.15) is 13.3 Å². The smallest absolute Gasteiger partial charge is 0.326 e. The second-order valence-corrected chi connectivity index (χ2v) is 3.51. The molecular formula is C12H17NO4. The highest BCUT2D eigenvalue weighted by Crippen LogP contribution is 2.29. The van der Waals surface area contributed by atoms with Gasteiger partial charge >= 0.3 is 5.97 Å². The summed E-state index contributed by atoms with van der Waals surface area (Å²) in [6.45, 7) is 1.80. The van der Waals surface area contributed by atoms with Gasteiger partial charge in [0.1, 0.15) is 17.5 Å². The molecule has 0 radical (unpaired) electrons. The first kappa shape index (κ1) is 13.2. The van der Waals surface area contributed by atoms with E-state index in [1.54, 1.807) is 32.2 Å². The van der Waals surface area contributed by atoms with Gasteiger partial charge in [-0.3, -0.25) is 0 Å². The fraction of sp³-hybridized carbons (Fsp3) is 0.417. The number of anilines is 1. The molecule has 1 aromatic carbocycles. The summed E-state index contributed by atoms with van der Waals surface area (Å²) in [5.41, 5.74) is 0.612. The van der Waals surface area contributed by atoms with Gasteiger partial charge in [0.2, 0.25) is 0 Å². The van der Waals surface area contributed by atoms with Crippen LogP contribution in [0.15, 0.2) is 18.2 Å². The predicted molar refractivity (Wildman–Crippen MR) is 64.9 cm³/mol. The monoisotopic (exact) mass is 239 g/mol. The van der Waals surface area contributed by atoms with E-state index in [0.717, 1.165) is 0 Å². The van der Waals surface area contributed by atoms with Crippen molar-refractivity contribution in [2.45, 2.75) is 19.4 Å². The lowest BCUT2D eigenvalue weighted by atomic mass is 10.2. The van der Waals surface area contributed by atoms with Crippen LogP contribution >= 0.6 is 0 Å². The molecule has 0 aliphatic heterocycles. The highest BCUT2D eigenvalue weighted by molar-refractivity contribution is 5.78. The minimum absolute atomic E-state index is 0.482. The Morgan fingerprint density at radius 3 is 2.59 bits per heavy atom. The summed E-state index contributed by atoms with van der Waals surface area (Å²) in [7, 11) is 3.09. The molecular weight excluding hydrogens is 222 g/mol. The zero-order chi connectivity index (χ0) is 12.8. The van der Waals surface area contributed by atoms with Gasteiger partial charge in [-0.15, -0.1) is 0 Å². The molecule has 0 aliphatic carbocycles. The van der Waals surface area contributed by atoms with Crippen LogP contribution in [-0.2, 0) is 4.79 Å². The lowest BCUT2D eigenvalue weighted by molar-refractivity contribution is -0.137. The Hall–Kier alpha value is -1.91. The van der Waals surface area contributed by atoms with E-state index in [0.29, 0.717) is 23.6 Å². The molecule has 0 spiro atoms. The first-order chi connectivity index (χ1) is 8.12. The number of carboxylic acid groups (broad SMARTS) is 1. The molecule has 1 atom stereocenters. The van der Waals surface area contributed by atoms with Crippen molar-refractivity contribution in [3.8, 4) is 11.5 Å². The first-order valence-electron chi connectivity index (χ1n) is 5.33. The van der Waals surface area contributed by atoms with E-state index < -0.39 is 12.0 Å². The third-order valence-corrected chi connectivity index (χ3v) is 2.44. The van der Waals surface area contributed by atoms with Crippen molar-refractivity contribution in [1.29, 1.82) is 0 Å². The number of methoxy groups -OCH3 is 2. The molecule has 0 saturated heterocycles. The Labute approximate surface area is 100 Å². The third kappa shape index (κ3) is 3.27. The molecule has 1 rings (SSSR count). The van der Waals surface area contributed by atoms with Crippen molar-refractivity contribution in [3.05, 3.63) is 18.2 Å². The molecule has 0 aromatic heterocycles. The summed E-state index contributed by atoms with van der Waals surface area (Å²) in [5, 5.41) is 11.9. The number of ether oxygens (including phenoxy) is 2. The number of benzene rings is 1. The average molecular weight is 239 g/mol. The largest absolute Gasteiger partial charge is 0.497 e. The van der Waals surface area contributed by atoms with Crippen LogP contribution in [0.4, 0.5) is 5.69 Å². The molecule has 94 valence electrons. The number of carboxylic acids is 1. The molecule has 0 aliphatic rings. The summed E-state index contributed by atoms with van der Waals surface area (Å²) in [6.07, 6.45) is 0.482. The Kier molecular flexibility index (Phi) is 4.63. The van der Waals surface area contributed by atoms with Crippen molar-refractivity contribution < 1.29 is 19.4 Å². The van der Waals surface area contributed by atoms with Crippen LogP contribution < -0.4 is 14.8 Å². The van der Waals surface area contributed by atoms with Crippen LogP contribution in [0.3, 0.4) is 0 Å². The zero-order valence-corrected chi connectivity index (χ0v) is 10.2. The lowest BCUT2D eigenvalue weighted by Crippen LogP contribution is -2.28. The van der Waals surface area contributed by atoms with Crippen molar-refractivity contribution in [3.63, 3.8) is 0 Å². The summed E-state index contributed by atoms with van der Waals surface area (Å²) in [5.74, 6) is 0.344. The van der Waals surface area contributed by atoms with Crippen molar-refractivity contribution in [1.82, 2.24) is 0 Å². The molecule has 0 fully saturated rings. The SMILES string of the molecule is CCC(Nc1cc(OC)ccc1OC)C(=O)O. The molecule has 0 heterocycles. The number of hydrogen-bond acceptors (Lipinski definition) is 4. The maximum atomic E-state index is 11.0. The van der Waals surface area contributed by atoms with E-state index in [4.69, 9.17) is 14.6 Å². The minimum atomic E-state index is -0.891. The maximum absolute atomic E-state index is 11.0. The van der Waals surface area contributed by atoms with Crippen molar-refractivity contribution in [2.75, 3.05) is 19.5 Å². The summed E-state index contributed by atoms with van der Waals surface area (Å²) < 4.78 is 10.2. The number of carbonyl (C=O) groups is 1. The number of aliphatic carboxylic acids is 1. The van der Waals surface area contributed by atoms with Crippen molar-refractivity contribution in [2.24, 2.45) is 0 Å². The van der Waals surface area contributed by atoms with Gasteiger partial charge in [-0.1, -0.05) is 6.92 Å². The van der Waals surface area contributed by atoms with Gasteiger partial charge in [0.05, 0.1) is 19.9 Å². The van der Waals surface area contributed by atoms with Gasteiger partial charge in [0.15, 0.2) is 0 Å². The van der Waals surface area contributed by atoms with Crippen LogP contribution in [0, 0.1) is 0 Å². The normalized spacial score (nSPS) is 11.7. The summed E-state index contributed by atoms with van der Waals surface area (Å²) >= 11 is 0. The van der Waals surface area contributed by atoms with Crippen LogP contribution in [0.25, 0.3) is 0 Å². The zero-order valence-electron chi connectivity index (χ0n) is 10.2. The van der Waals surface area contributed by atoms with Gasteiger partial charge in [0, 0.05) is 6.07 Å². The van der Waals surface area contributed by atoms with Crippen molar-refractivity contribution >= 4 is 11.7 Å². The molecule has 1 aromatic rings. The molecule has 2 N–H and O–H groups in total. The fourth-order valence-corrected chi connectivity index (χ4v) is 1.45. The van der Waals surface area contributed by atoms with E-state index in [9.17, 15) is 4.79 Å². The van der Waals surface area contributed by atoms with E-state index in [1.807, 2.05) is 0 Å². The number of nitrogens with one attached hydrogen (secondary N) is 1. The highest BCUT2D eigenvalue weighted by Gasteiger charge is 2.16. The molecule has 1 unspecified atom stereocenters. The molecule has 0 amide bonds. The molecule has 0 saturated carbocycles. The molecule has 0 bridgehead atoms. The van der Waals surface area contributed by atoms with Gasteiger partial charge in [-0.2, -0.15) is 0 Å².